The second kappa shape index (κ2) is 7.16. The summed E-state index contributed by atoms with van der Waals surface area (Å²) in [6, 6.07) is 0.418. The molecule has 5 heteroatoms. The third-order valence-corrected chi connectivity index (χ3v) is 2.72. The number of hydrogen-bond acceptors (Lipinski definition) is 5. The summed E-state index contributed by atoms with van der Waals surface area (Å²) < 4.78 is 0. The molecule has 0 radical (unpaired) electrons. The number of anilines is 2. The monoisotopic (exact) mass is 253 g/mol. The predicted molar refractivity (Wildman–Crippen MR) is 76.4 cm³/mol. The normalized spacial score (nSPS) is 11.1. The van der Waals surface area contributed by atoms with Crippen molar-refractivity contribution in [3.63, 3.8) is 0 Å². The molecule has 102 valence electrons. The van der Waals surface area contributed by atoms with E-state index in [1.165, 1.54) is 0 Å². The zero-order valence-corrected chi connectivity index (χ0v) is 11.4. The Bertz CT molecular complexity index is 433. The lowest BCUT2D eigenvalue weighted by Gasteiger charge is -2.15. The molecule has 5 nitrogen and oxygen atoms in total. The average Bonchev–Trinajstić information content (AvgIpc) is 2.35. The SMILES string of the molecule is CCCCNc1c(NCCNC(C)C)c(=O)c1=O. The van der Waals surface area contributed by atoms with Crippen molar-refractivity contribution in [1.82, 2.24) is 5.32 Å². The van der Waals surface area contributed by atoms with E-state index in [4.69, 9.17) is 0 Å². The number of nitrogens with one attached hydrogen (secondary N) is 3. The molecule has 0 aliphatic heterocycles. The maximum Gasteiger partial charge on any atom is 0.253 e. The highest BCUT2D eigenvalue weighted by atomic mass is 16.2. The van der Waals surface area contributed by atoms with E-state index in [1.807, 2.05) is 0 Å². The Hall–Kier alpha value is -1.36. The van der Waals surface area contributed by atoms with E-state index in [-0.39, 0.29) is 0 Å². The molecule has 0 heterocycles. The highest BCUT2D eigenvalue weighted by molar-refractivity contribution is 5.73. The van der Waals surface area contributed by atoms with E-state index >= 15 is 0 Å². The van der Waals surface area contributed by atoms with E-state index in [0.717, 1.165) is 25.9 Å². The van der Waals surface area contributed by atoms with Crippen molar-refractivity contribution in [2.75, 3.05) is 30.3 Å². The van der Waals surface area contributed by atoms with Crippen LogP contribution in [0.1, 0.15) is 33.6 Å². The molecule has 1 aromatic rings. The zero-order chi connectivity index (χ0) is 13.5. The van der Waals surface area contributed by atoms with Gasteiger partial charge in [0, 0.05) is 25.7 Å². The predicted octanol–water partition coefficient (Wildman–Crippen LogP) is 0.904. The lowest BCUT2D eigenvalue weighted by atomic mass is 10.2. The molecule has 0 aliphatic rings. The fourth-order valence-corrected chi connectivity index (χ4v) is 1.67. The van der Waals surface area contributed by atoms with Crippen molar-refractivity contribution in [3.8, 4) is 0 Å². The van der Waals surface area contributed by atoms with E-state index in [2.05, 4.69) is 36.7 Å². The van der Waals surface area contributed by atoms with Gasteiger partial charge in [0.25, 0.3) is 10.9 Å². The lowest BCUT2D eigenvalue weighted by molar-refractivity contribution is 0.602. The standard InChI is InChI=1S/C13H23N3O2/c1-4-5-6-15-10-11(13(18)12(10)17)16-8-7-14-9(2)3/h9,14-16H,4-8H2,1-3H3. The van der Waals surface area contributed by atoms with Crippen LogP contribution in [0, 0.1) is 0 Å². The Labute approximate surface area is 108 Å². The van der Waals surface area contributed by atoms with Crippen molar-refractivity contribution in [1.29, 1.82) is 0 Å². The fourth-order valence-electron chi connectivity index (χ4n) is 1.67. The van der Waals surface area contributed by atoms with Crippen molar-refractivity contribution >= 4 is 11.4 Å². The first kappa shape index (κ1) is 14.7. The van der Waals surface area contributed by atoms with E-state index < -0.39 is 10.9 Å². The van der Waals surface area contributed by atoms with Crippen molar-refractivity contribution in [2.24, 2.45) is 0 Å². The molecule has 18 heavy (non-hydrogen) atoms. The number of rotatable bonds is 9. The molecule has 1 aromatic carbocycles. The fraction of sp³-hybridized carbons (Fsp3) is 0.692. The molecule has 0 saturated carbocycles. The van der Waals surface area contributed by atoms with Gasteiger partial charge in [-0.2, -0.15) is 0 Å². The maximum absolute atomic E-state index is 11.4. The smallest absolute Gasteiger partial charge is 0.253 e. The quantitative estimate of drug-likeness (QED) is 0.451. The largest absolute Gasteiger partial charge is 0.380 e. The van der Waals surface area contributed by atoms with Crippen LogP contribution >= 0.6 is 0 Å². The molecule has 0 bridgehead atoms. The molecular formula is C13H23N3O2. The van der Waals surface area contributed by atoms with Gasteiger partial charge in [0.05, 0.1) is 0 Å². The molecule has 3 N–H and O–H groups in total. The Balaban J connectivity index is 2.42. The summed E-state index contributed by atoms with van der Waals surface area (Å²) in [7, 11) is 0. The summed E-state index contributed by atoms with van der Waals surface area (Å²) in [5, 5.41) is 9.28. The van der Waals surface area contributed by atoms with E-state index in [0.29, 0.717) is 24.0 Å². The molecule has 0 unspecified atom stereocenters. The van der Waals surface area contributed by atoms with Gasteiger partial charge in [-0.1, -0.05) is 27.2 Å². The Kier molecular flexibility index (Phi) is 5.85. The zero-order valence-electron chi connectivity index (χ0n) is 11.4. The molecule has 0 saturated heterocycles. The van der Waals surface area contributed by atoms with Gasteiger partial charge in [-0.15, -0.1) is 0 Å². The number of hydrogen-bond donors (Lipinski definition) is 3. The van der Waals surface area contributed by atoms with Crippen molar-refractivity contribution in [3.05, 3.63) is 20.4 Å². The molecule has 0 amide bonds. The van der Waals surface area contributed by atoms with Crippen molar-refractivity contribution in [2.45, 2.75) is 39.7 Å². The average molecular weight is 253 g/mol. The molecule has 0 atom stereocenters. The Morgan fingerprint density at radius 1 is 0.944 bits per heavy atom. The molecule has 0 aromatic heterocycles. The topological polar surface area (TPSA) is 70.2 Å². The van der Waals surface area contributed by atoms with Gasteiger partial charge < -0.3 is 16.0 Å². The van der Waals surface area contributed by atoms with Gasteiger partial charge in [0.1, 0.15) is 11.4 Å². The van der Waals surface area contributed by atoms with Gasteiger partial charge in [0.2, 0.25) is 0 Å². The second-order valence-corrected chi connectivity index (χ2v) is 4.72. The molecule has 0 spiro atoms. The summed E-state index contributed by atoms with van der Waals surface area (Å²) in [5.74, 6) is 0. The van der Waals surface area contributed by atoms with Crippen LogP contribution in [-0.2, 0) is 0 Å². The summed E-state index contributed by atoms with van der Waals surface area (Å²) in [6.45, 7) is 8.36. The summed E-state index contributed by atoms with van der Waals surface area (Å²) in [5.41, 5.74) is 0.101. The minimum atomic E-state index is -0.404. The van der Waals surface area contributed by atoms with Crippen LogP contribution in [0.3, 0.4) is 0 Å². The van der Waals surface area contributed by atoms with Gasteiger partial charge in [-0.05, 0) is 6.42 Å². The van der Waals surface area contributed by atoms with Gasteiger partial charge in [-0.3, -0.25) is 9.59 Å². The Morgan fingerprint density at radius 2 is 1.50 bits per heavy atom. The van der Waals surface area contributed by atoms with Gasteiger partial charge >= 0.3 is 0 Å². The first-order valence-corrected chi connectivity index (χ1v) is 6.62. The summed E-state index contributed by atoms with van der Waals surface area (Å²) in [4.78, 5) is 22.8. The van der Waals surface area contributed by atoms with Crippen LogP contribution in [0.2, 0.25) is 0 Å². The maximum atomic E-state index is 11.4. The van der Waals surface area contributed by atoms with Gasteiger partial charge in [-0.25, -0.2) is 0 Å². The van der Waals surface area contributed by atoms with Crippen LogP contribution in [0.5, 0.6) is 0 Å². The Morgan fingerprint density at radius 3 is 2.00 bits per heavy atom. The van der Waals surface area contributed by atoms with E-state index in [9.17, 15) is 9.59 Å². The molecule has 1 rings (SSSR count). The molecule has 0 fully saturated rings. The highest BCUT2D eigenvalue weighted by Gasteiger charge is 2.19. The number of unbranched alkanes of at least 4 members (excludes halogenated alkanes) is 1. The van der Waals surface area contributed by atoms with E-state index in [1.54, 1.807) is 0 Å². The van der Waals surface area contributed by atoms with Crippen molar-refractivity contribution < 1.29 is 0 Å². The molecular weight excluding hydrogens is 230 g/mol. The lowest BCUT2D eigenvalue weighted by Crippen LogP contribution is -2.39. The van der Waals surface area contributed by atoms with Crippen LogP contribution in [0.15, 0.2) is 9.59 Å². The second-order valence-electron chi connectivity index (χ2n) is 4.72. The van der Waals surface area contributed by atoms with Crippen LogP contribution in [0.25, 0.3) is 0 Å². The van der Waals surface area contributed by atoms with Crippen LogP contribution in [0.4, 0.5) is 11.4 Å². The summed E-state index contributed by atoms with van der Waals surface area (Å²) in [6.07, 6.45) is 2.05. The minimum absolute atomic E-state index is 0.398. The van der Waals surface area contributed by atoms with Crippen LogP contribution < -0.4 is 26.8 Å². The first-order valence-electron chi connectivity index (χ1n) is 6.62. The third-order valence-electron chi connectivity index (χ3n) is 2.72. The molecule has 0 aliphatic carbocycles. The highest BCUT2D eigenvalue weighted by Crippen LogP contribution is 2.13. The van der Waals surface area contributed by atoms with Gasteiger partial charge in [0.15, 0.2) is 0 Å². The third kappa shape index (κ3) is 3.84. The van der Waals surface area contributed by atoms with Crippen LogP contribution in [-0.4, -0.2) is 25.7 Å². The summed E-state index contributed by atoms with van der Waals surface area (Å²) >= 11 is 0. The first-order chi connectivity index (χ1) is 8.57. The minimum Gasteiger partial charge on any atom is -0.380 e.